The normalized spacial score (nSPS) is 11.5. The fourth-order valence-electron chi connectivity index (χ4n) is 1.31. The van der Waals surface area contributed by atoms with Crippen LogP contribution >= 0.6 is 23.4 Å². The molecule has 0 aliphatic heterocycles. The van der Waals surface area contributed by atoms with Gasteiger partial charge in [0, 0.05) is 12.0 Å². The van der Waals surface area contributed by atoms with Crippen LogP contribution in [0.15, 0.2) is 5.03 Å². The number of nitrogens with zero attached hydrogens (tertiary/aromatic N) is 2. The van der Waals surface area contributed by atoms with Crippen molar-refractivity contribution >= 4 is 29.3 Å². The minimum atomic E-state index is -0.468. The number of hydrogen-bond acceptors (Lipinski definition) is 5. The van der Waals surface area contributed by atoms with Crippen molar-refractivity contribution in [1.82, 2.24) is 9.97 Å². The number of aromatic nitrogens is 2. The number of ether oxygens (including phenoxy) is 1. The van der Waals surface area contributed by atoms with Crippen LogP contribution in [0.3, 0.4) is 0 Å². The van der Waals surface area contributed by atoms with Gasteiger partial charge in [-0.25, -0.2) is 9.97 Å². The van der Waals surface area contributed by atoms with E-state index in [4.69, 9.17) is 16.3 Å². The second kappa shape index (κ2) is 6.57. The maximum atomic E-state index is 11.7. The van der Waals surface area contributed by atoms with E-state index in [0.717, 1.165) is 10.6 Å². The van der Waals surface area contributed by atoms with Crippen LogP contribution in [0.2, 0.25) is 5.15 Å². The maximum Gasteiger partial charge on any atom is 0.316 e. The Kier molecular flexibility index (Phi) is 5.62. The molecular formula is C13H19ClN2O2S. The van der Waals surface area contributed by atoms with E-state index in [2.05, 4.69) is 9.97 Å². The van der Waals surface area contributed by atoms with Crippen molar-refractivity contribution in [3.05, 3.63) is 16.5 Å². The summed E-state index contributed by atoms with van der Waals surface area (Å²) < 4.78 is 5.25. The van der Waals surface area contributed by atoms with E-state index in [1.54, 1.807) is 0 Å². The highest BCUT2D eigenvalue weighted by Crippen LogP contribution is 2.25. The predicted octanol–water partition coefficient (Wildman–Crippen LogP) is 3.43. The zero-order chi connectivity index (χ0) is 14.6. The van der Waals surface area contributed by atoms with Crippen LogP contribution in [0, 0.1) is 6.92 Å². The number of carbonyl (C=O) groups is 1. The summed E-state index contributed by atoms with van der Waals surface area (Å²) in [5.74, 6) is 0.640. The van der Waals surface area contributed by atoms with Gasteiger partial charge in [0.05, 0.1) is 5.75 Å². The fraction of sp³-hybridized carbons (Fsp3) is 0.615. The van der Waals surface area contributed by atoms with Crippen molar-refractivity contribution < 1.29 is 9.53 Å². The molecule has 1 heterocycles. The lowest BCUT2D eigenvalue weighted by Crippen LogP contribution is -2.25. The quantitative estimate of drug-likeness (QED) is 0.484. The second-order valence-electron chi connectivity index (χ2n) is 5.09. The van der Waals surface area contributed by atoms with E-state index in [0.29, 0.717) is 17.4 Å². The molecule has 4 nitrogen and oxygen atoms in total. The number of aryl methyl sites for hydroxylation is 1. The van der Waals surface area contributed by atoms with E-state index in [-0.39, 0.29) is 11.7 Å². The number of carbonyl (C=O) groups excluding carboxylic acids is 1. The van der Waals surface area contributed by atoms with Crippen LogP contribution in [-0.2, 0) is 16.0 Å². The Bertz CT molecular complexity index is 472. The molecule has 19 heavy (non-hydrogen) atoms. The topological polar surface area (TPSA) is 52.1 Å². The van der Waals surface area contributed by atoms with Crippen LogP contribution in [-0.4, -0.2) is 27.3 Å². The summed E-state index contributed by atoms with van der Waals surface area (Å²) >= 11 is 7.37. The van der Waals surface area contributed by atoms with Gasteiger partial charge in [-0.3, -0.25) is 4.79 Å². The first-order valence-electron chi connectivity index (χ1n) is 6.10. The smallest absolute Gasteiger partial charge is 0.316 e. The largest absolute Gasteiger partial charge is 0.459 e. The van der Waals surface area contributed by atoms with E-state index in [1.165, 1.54) is 11.8 Å². The summed E-state index contributed by atoms with van der Waals surface area (Å²) in [6, 6.07) is 0. The minimum Gasteiger partial charge on any atom is -0.459 e. The highest BCUT2D eigenvalue weighted by Gasteiger charge is 2.17. The Morgan fingerprint density at radius 2 is 2.00 bits per heavy atom. The number of thioether (sulfide) groups is 1. The van der Waals surface area contributed by atoms with Crippen molar-refractivity contribution in [3.63, 3.8) is 0 Å². The molecule has 0 bridgehead atoms. The van der Waals surface area contributed by atoms with Crippen LogP contribution in [0.1, 0.15) is 39.1 Å². The van der Waals surface area contributed by atoms with Crippen LogP contribution in [0.25, 0.3) is 0 Å². The van der Waals surface area contributed by atoms with Gasteiger partial charge in [-0.2, -0.15) is 0 Å². The monoisotopic (exact) mass is 302 g/mol. The van der Waals surface area contributed by atoms with Gasteiger partial charge in [-0.15, -0.1) is 0 Å². The average Bonchev–Trinajstić information content (AvgIpc) is 2.28. The molecule has 0 saturated carbocycles. The molecule has 0 spiro atoms. The molecule has 1 aromatic rings. The summed E-state index contributed by atoms with van der Waals surface area (Å²) in [5.41, 5.74) is 0.331. The molecule has 1 aromatic heterocycles. The van der Waals surface area contributed by atoms with Gasteiger partial charge in [0.2, 0.25) is 0 Å². The molecular weight excluding hydrogens is 284 g/mol. The number of rotatable bonds is 4. The standard InChI is InChI=1S/C13H19ClN2O2S/c1-6-9-15-11(14)8(2)12(16-9)19-7-10(17)18-13(3,4)5/h6-7H2,1-5H3. The van der Waals surface area contributed by atoms with Crippen molar-refractivity contribution in [2.24, 2.45) is 0 Å². The molecule has 0 amide bonds. The maximum absolute atomic E-state index is 11.7. The first-order valence-corrected chi connectivity index (χ1v) is 7.47. The van der Waals surface area contributed by atoms with E-state index >= 15 is 0 Å². The minimum absolute atomic E-state index is 0.217. The van der Waals surface area contributed by atoms with Gasteiger partial charge in [0.25, 0.3) is 0 Å². The molecule has 1 rings (SSSR count). The highest BCUT2D eigenvalue weighted by molar-refractivity contribution is 7.99. The highest BCUT2D eigenvalue weighted by atomic mass is 35.5. The third-order valence-corrected chi connectivity index (χ3v) is 3.57. The summed E-state index contributed by atoms with van der Waals surface area (Å²) in [6.45, 7) is 9.34. The van der Waals surface area contributed by atoms with Crippen molar-refractivity contribution in [3.8, 4) is 0 Å². The van der Waals surface area contributed by atoms with Gasteiger partial charge in [0.1, 0.15) is 21.6 Å². The summed E-state index contributed by atoms with van der Waals surface area (Å²) in [4.78, 5) is 20.2. The molecule has 0 N–H and O–H groups in total. The van der Waals surface area contributed by atoms with E-state index in [9.17, 15) is 4.79 Å². The van der Waals surface area contributed by atoms with E-state index < -0.39 is 5.60 Å². The number of halogens is 1. The van der Waals surface area contributed by atoms with Gasteiger partial charge in [-0.05, 0) is 27.7 Å². The number of hydrogen-bond donors (Lipinski definition) is 0. The molecule has 6 heteroatoms. The molecule has 0 saturated heterocycles. The predicted molar refractivity (Wildman–Crippen MR) is 77.7 cm³/mol. The molecule has 0 unspecified atom stereocenters. The Morgan fingerprint density at radius 3 is 2.53 bits per heavy atom. The van der Waals surface area contributed by atoms with Crippen molar-refractivity contribution in [2.45, 2.75) is 51.7 Å². The lowest BCUT2D eigenvalue weighted by molar-refractivity contribution is -0.151. The molecule has 0 aliphatic rings. The average molecular weight is 303 g/mol. The lowest BCUT2D eigenvalue weighted by atomic mass is 10.2. The summed E-state index contributed by atoms with van der Waals surface area (Å²) in [6.07, 6.45) is 0.708. The zero-order valence-electron chi connectivity index (χ0n) is 11.9. The SMILES string of the molecule is CCc1nc(Cl)c(C)c(SCC(=O)OC(C)(C)C)n1. The van der Waals surface area contributed by atoms with E-state index in [1.807, 2.05) is 34.6 Å². The van der Waals surface area contributed by atoms with Crippen LogP contribution < -0.4 is 0 Å². The molecule has 106 valence electrons. The first-order chi connectivity index (χ1) is 8.73. The molecule has 0 aliphatic carbocycles. The Labute approximate surface area is 123 Å². The summed E-state index contributed by atoms with van der Waals surface area (Å²) in [5, 5.41) is 1.18. The van der Waals surface area contributed by atoms with Gasteiger partial charge in [0.15, 0.2) is 0 Å². The molecule has 0 atom stereocenters. The Morgan fingerprint density at radius 1 is 1.37 bits per heavy atom. The zero-order valence-corrected chi connectivity index (χ0v) is 13.5. The molecule has 0 aromatic carbocycles. The molecule has 0 radical (unpaired) electrons. The third kappa shape index (κ3) is 5.37. The molecule has 0 fully saturated rings. The van der Waals surface area contributed by atoms with Gasteiger partial charge >= 0.3 is 5.97 Å². The van der Waals surface area contributed by atoms with Crippen molar-refractivity contribution in [1.29, 1.82) is 0 Å². The second-order valence-corrected chi connectivity index (χ2v) is 6.41. The third-order valence-electron chi connectivity index (χ3n) is 2.15. The summed E-state index contributed by atoms with van der Waals surface area (Å²) in [7, 11) is 0. The van der Waals surface area contributed by atoms with Crippen LogP contribution in [0.5, 0.6) is 0 Å². The number of esters is 1. The van der Waals surface area contributed by atoms with Crippen molar-refractivity contribution in [2.75, 3.05) is 5.75 Å². The Hall–Kier alpha value is -0.810. The fourth-order valence-corrected chi connectivity index (χ4v) is 2.35. The van der Waals surface area contributed by atoms with Gasteiger partial charge < -0.3 is 4.74 Å². The lowest BCUT2D eigenvalue weighted by Gasteiger charge is -2.19. The van der Waals surface area contributed by atoms with Gasteiger partial charge in [-0.1, -0.05) is 30.3 Å². The first kappa shape index (κ1) is 16.2. The Balaban J connectivity index is 2.72. The van der Waals surface area contributed by atoms with Crippen LogP contribution in [0.4, 0.5) is 0 Å².